The van der Waals surface area contributed by atoms with Gasteiger partial charge in [0.05, 0.1) is 0 Å². The van der Waals surface area contributed by atoms with E-state index < -0.39 is 12.5 Å². The summed E-state index contributed by atoms with van der Waals surface area (Å²) in [6, 6.07) is 5.26. The molecule has 0 aliphatic heterocycles. The molecule has 1 unspecified atom stereocenters. The molecule has 0 radical (unpaired) electrons. The molecule has 1 rings (SSSR count). The zero-order chi connectivity index (χ0) is 12.2. The van der Waals surface area contributed by atoms with Gasteiger partial charge in [-0.25, -0.2) is 0 Å². The van der Waals surface area contributed by atoms with Gasteiger partial charge in [-0.1, -0.05) is 17.9 Å². The van der Waals surface area contributed by atoms with Crippen molar-refractivity contribution < 1.29 is 23.0 Å². The lowest BCUT2D eigenvalue weighted by atomic mass is 10.2. The molecule has 0 aromatic heterocycles. The monoisotopic (exact) mass is 230 g/mol. The van der Waals surface area contributed by atoms with E-state index in [1.54, 1.807) is 0 Å². The SMILES string of the molecule is CC(O)C#Cc1cccc(OC(F)(F)F)c1. The third-order valence-corrected chi connectivity index (χ3v) is 1.49. The van der Waals surface area contributed by atoms with Crippen LogP contribution in [-0.2, 0) is 0 Å². The first-order chi connectivity index (χ1) is 7.37. The average Bonchev–Trinajstić information content (AvgIpc) is 2.12. The Bertz CT molecular complexity index is 413. The van der Waals surface area contributed by atoms with Crippen molar-refractivity contribution >= 4 is 0 Å². The van der Waals surface area contributed by atoms with Gasteiger partial charge in [-0.05, 0) is 25.1 Å². The van der Waals surface area contributed by atoms with Crippen molar-refractivity contribution in [3.8, 4) is 17.6 Å². The third kappa shape index (κ3) is 4.71. The van der Waals surface area contributed by atoms with E-state index in [-0.39, 0.29) is 5.75 Å². The van der Waals surface area contributed by atoms with Crippen LogP contribution < -0.4 is 4.74 Å². The van der Waals surface area contributed by atoms with E-state index >= 15 is 0 Å². The molecule has 1 N–H and O–H groups in total. The van der Waals surface area contributed by atoms with E-state index in [0.717, 1.165) is 6.07 Å². The highest BCUT2D eigenvalue weighted by Gasteiger charge is 2.30. The van der Waals surface area contributed by atoms with Crippen molar-refractivity contribution in [2.24, 2.45) is 0 Å². The predicted molar refractivity (Wildman–Crippen MR) is 51.7 cm³/mol. The Hall–Kier alpha value is -1.67. The zero-order valence-electron chi connectivity index (χ0n) is 8.38. The molecule has 0 saturated heterocycles. The normalized spacial score (nSPS) is 12.6. The Morgan fingerprint density at radius 3 is 2.62 bits per heavy atom. The van der Waals surface area contributed by atoms with Crippen molar-refractivity contribution in [3.63, 3.8) is 0 Å². The Balaban J connectivity index is 2.85. The van der Waals surface area contributed by atoms with E-state index in [0.29, 0.717) is 5.56 Å². The fourth-order valence-electron chi connectivity index (χ4n) is 0.959. The summed E-state index contributed by atoms with van der Waals surface area (Å²) in [6.45, 7) is 1.46. The molecule has 1 aromatic carbocycles. The lowest BCUT2D eigenvalue weighted by Crippen LogP contribution is -2.17. The van der Waals surface area contributed by atoms with E-state index in [1.165, 1.54) is 25.1 Å². The number of ether oxygens (including phenoxy) is 1. The average molecular weight is 230 g/mol. The maximum absolute atomic E-state index is 11.9. The first-order valence-corrected chi connectivity index (χ1v) is 4.42. The highest BCUT2D eigenvalue weighted by atomic mass is 19.4. The maximum atomic E-state index is 11.9. The number of rotatable bonds is 1. The van der Waals surface area contributed by atoms with Gasteiger partial charge in [-0.3, -0.25) is 0 Å². The quantitative estimate of drug-likeness (QED) is 0.750. The van der Waals surface area contributed by atoms with Crippen LogP contribution in [0.15, 0.2) is 24.3 Å². The highest BCUT2D eigenvalue weighted by Crippen LogP contribution is 2.22. The van der Waals surface area contributed by atoms with Gasteiger partial charge in [0.1, 0.15) is 11.9 Å². The summed E-state index contributed by atoms with van der Waals surface area (Å²) in [5.41, 5.74) is 0.350. The van der Waals surface area contributed by atoms with Crippen LogP contribution in [0.3, 0.4) is 0 Å². The molecule has 86 valence electrons. The van der Waals surface area contributed by atoms with Crippen LogP contribution in [0.25, 0.3) is 0 Å². The van der Waals surface area contributed by atoms with Crippen LogP contribution in [0.1, 0.15) is 12.5 Å². The Morgan fingerprint density at radius 1 is 1.38 bits per heavy atom. The lowest BCUT2D eigenvalue weighted by molar-refractivity contribution is -0.274. The fourth-order valence-corrected chi connectivity index (χ4v) is 0.959. The van der Waals surface area contributed by atoms with Crippen molar-refractivity contribution in [1.29, 1.82) is 0 Å². The molecule has 0 fully saturated rings. The molecule has 16 heavy (non-hydrogen) atoms. The minimum atomic E-state index is -4.71. The van der Waals surface area contributed by atoms with Gasteiger partial charge in [0.15, 0.2) is 0 Å². The predicted octanol–water partition coefficient (Wildman–Crippen LogP) is 2.32. The second-order valence-electron chi connectivity index (χ2n) is 3.02. The van der Waals surface area contributed by atoms with Crippen molar-refractivity contribution in [1.82, 2.24) is 0 Å². The van der Waals surface area contributed by atoms with E-state index in [2.05, 4.69) is 16.6 Å². The minimum absolute atomic E-state index is 0.329. The van der Waals surface area contributed by atoms with E-state index in [9.17, 15) is 13.2 Å². The number of alkyl halides is 3. The molecular weight excluding hydrogens is 221 g/mol. The molecule has 0 aliphatic carbocycles. The Labute approximate surface area is 90.7 Å². The molecule has 0 aliphatic rings. The molecular formula is C11H9F3O2. The highest BCUT2D eigenvalue weighted by molar-refractivity contribution is 5.40. The number of aliphatic hydroxyl groups is 1. The molecule has 2 nitrogen and oxygen atoms in total. The Kier molecular flexibility index (Phi) is 3.80. The smallest absolute Gasteiger partial charge is 0.406 e. The van der Waals surface area contributed by atoms with E-state index in [4.69, 9.17) is 5.11 Å². The standard InChI is InChI=1S/C11H9F3O2/c1-8(15)5-6-9-3-2-4-10(7-9)16-11(12,13)14/h2-4,7-8,15H,1H3. The number of hydrogen-bond donors (Lipinski definition) is 1. The number of benzene rings is 1. The molecule has 1 aromatic rings. The summed E-state index contributed by atoms with van der Waals surface area (Å²) in [7, 11) is 0. The summed E-state index contributed by atoms with van der Waals surface area (Å²) in [5.74, 6) is 4.61. The largest absolute Gasteiger partial charge is 0.573 e. The third-order valence-electron chi connectivity index (χ3n) is 1.49. The summed E-state index contributed by atoms with van der Waals surface area (Å²) in [6.07, 6.45) is -5.54. The lowest BCUT2D eigenvalue weighted by Gasteiger charge is -2.08. The number of aliphatic hydroxyl groups excluding tert-OH is 1. The molecule has 5 heteroatoms. The van der Waals surface area contributed by atoms with Crippen LogP contribution in [-0.4, -0.2) is 17.6 Å². The second kappa shape index (κ2) is 4.90. The topological polar surface area (TPSA) is 29.5 Å². The fraction of sp³-hybridized carbons (Fsp3) is 0.273. The summed E-state index contributed by atoms with van der Waals surface area (Å²) in [4.78, 5) is 0. The van der Waals surface area contributed by atoms with Crippen LogP contribution in [0.2, 0.25) is 0 Å². The molecule has 1 atom stereocenters. The molecule has 0 bridgehead atoms. The summed E-state index contributed by atoms with van der Waals surface area (Å²) >= 11 is 0. The van der Waals surface area contributed by atoms with Crippen LogP contribution in [0, 0.1) is 11.8 Å². The first kappa shape index (κ1) is 12.4. The van der Waals surface area contributed by atoms with Crippen LogP contribution in [0.5, 0.6) is 5.75 Å². The first-order valence-electron chi connectivity index (χ1n) is 4.42. The van der Waals surface area contributed by atoms with Crippen molar-refractivity contribution in [3.05, 3.63) is 29.8 Å². The van der Waals surface area contributed by atoms with Crippen LogP contribution >= 0.6 is 0 Å². The summed E-state index contributed by atoms with van der Waals surface area (Å²) in [5, 5.41) is 8.88. The van der Waals surface area contributed by atoms with Gasteiger partial charge in [-0.2, -0.15) is 0 Å². The minimum Gasteiger partial charge on any atom is -0.406 e. The van der Waals surface area contributed by atoms with Gasteiger partial charge in [0.25, 0.3) is 0 Å². The van der Waals surface area contributed by atoms with Gasteiger partial charge in [0.2, 0.25) is 0 Å². The van der Waals surface area contributed by atoms with Crippen molar-refractivity contribution in [2.45, 2.75) is 19.4 Å². The summed E-state index contributed by atoms with van der Waals surface area (Å²) < 4.78 is 39.4. The number of halogens is 3. The molecule has 0 spiro atoms. The Morgan fingerprint density at radius 2 is 2.06 bits per heavy atom. The van der Waals surface area contributed by atoms with Gasteiger partial charge in [0, 0.05) is 5.56 Å². The number of hydrogen-bond acceptors (Lipinski definition) is 2. The van der Waals surface area contributed by atoms with Gasteiger partial charge in [-0.15, -0.1) is 13.2 Å². The second-order valence-corrected chi connectivity index (χ2v) is 3.02. The zero-order valence-corrected chi connectivity index (χ0v) is 8.38. The maximum Gasteiger partial charge on any atom is 0.573 e. The van der Waals surface area contributed by atoms with Crippen LogP contribution in [0.4, 0.5) is 13.2 Å². The van der Waals surface area contributed by atoms with E-state index in [1.807, 2.05) is 0 Å². The molecule has 0 saturated carbocycles. The van der Waals surface area contributed by atoms with Crippen molar-refractivity contribution in [2.75, 3.05) is 0 Å². The van der Waals surface area contributed by atoms with Gasteiger partial charge >= 0.3 is 6.36 Å². The molecule has 0 heterocycles. The van der Waals surface area contributed by atoms with Gasteiger partial charge < -0.3 is 9.84 Å². The molecule has 0 amide bonds.